The van der Waals surface area contributed by atoms with Crippen molar-refractivity contribution in [3.8, 4) is 5.75 Å². The molecular weight excluding hydrogens is 421 g/mol. The maximum Gasteiger partial charge on any atom is 0.151 e. The van der Waals surface area contributed by atoms with Crippen LogP contribution in [0.4, 0.5) is 4.39 Å². The number of piperazine rings is 1. The quantitative estimate of drug-likeness (QED) is 0.451. The molecule has 0 bridgehead atoms. The van der Waals surface area contributed by atoms with Crippen molar-refractivity contribution < 1.29 is 14.2 Å². The summed E-state index contributed by atoms with van der Waals surface area (Å²) in [5.41, 5.74) is 2.87. The van der Waals surface area contributed by atoms with Gasteiger partial charge in [-0.05, 0) is 42.0 Å². The number of methoxy groups -OCH3 is 1. The van der Waals surface area contributed by atoms with Gasteiger partial charge in [-0.25, -0.2) is 9.37 Å². The second kappa shape index (κ2) is 9.43. The topological polar surface area (TPSA) is 77.5 Å². The summed E-state index contributed by atoms with van der Waals surface area (Å²) in [7, 11) is 1.64. The minimum atomic E-state index is -0.598. The predicted molar refractivity (Wildman–Crippen MR) is 126 cm³/mol. The molecule has 0 spiro atoms. The van der Waals surface area contributed by atoms with Gasteiger partial charge in [-0.3, -0.25) is 9.88 Å². The van der Waals surface area contributed by atoms with E-state index in [1.165, 1.54) is 6.07 Å². The normalized spacial score (nSPS) is 16.5. The molecule has 1 aliphatic heterocycles. The minimum absolute atomic E-state index is 0.289. The smallest absolute Gasteiger partial charge is 0.151 e. The van der Waals surface area contributed by atoms with Gasteiger partial charge in [0.2, 0.25) is 0 Å². The third-order valence-electron chi connectivity index (χ3n) is 6.41. The van der Waals surface area contributed by atoms with Crippen molar-refractivity contribution in [2.24, 2.45) is 0 Å². The summed E-state index contributed by atoms with van der Waals surface area (Å²) in [5.74, 6) is 1.28. The first-order valence-electron chi connectivity index (χ1n) is 11.3. The van der Waals surface area contributed by atoms with Gasteiger partial charge in [-0.15, -0.1) is 0 Å². The Morgan fingerprint density at radius 3 is 2.73 bits per heavy atom. The van der Waals surface area contributed by atoms with E-state index < -0.39 is 6.10 Å². The molecule has 0 unspecified atom stereocenters. The van der Waals surface area contributed by atoms with Crippen molar-refractivity contribution >= 4 is 21.9 Å². The number of pyridine rings is 1. The molecule has 2 aromatic carbocycles. The van der Waals surface area contributed by atoms with Crippen molar-refractivity contribution in [1.29, 1.82) is 0 Å². The molecule has 4 aromatic rings. The third-order valence-corrected chi connectivity index (χ3v) is 6.41. The SMILES string of the molecule is COc1ccc2nccc([C@@H](O)CN3CCN(CCc4nc5c(F)cccc5[nH]4)CC3)c2c1. The number of aliphatic hydroxyl groups excluding tert-OH is 1. The Labute approximate surface area is 191 Å². The molecule has 33 heavy (non-hydrogen) atoms. The van der Waals surface area contributed by atoms with E-state index in [2.05, 4.69) is 24.8 Å². The van der Waals surface area contributed by atoms with Gasteiger partial charge in [0, 0.05) is 57.3 Å². The second-order valence-electron chi connectivity index (χ2n) is 8.51. The van der Waals surface area contributed by atoms with Gasteiger partial charge in [0.05, 0.1) is 24.2 Å². The van der Waals surface area contributed by atoms with Crippen molar-refractivity contribution in [3.63, 3.8) is 0 Å². The van der Waals surface area contributed by atoms with E-state index in [1.54, 1.807) is 19.4 Å². The van der Waals surface area contributed by atoms with Crippen LogP contribution in [0.1, 0.15) is 17.5 Å². The molecule has 1 aliphatic rings. The van der Waals surface area contributed by atoms with Gasteiger partial charge < -0.3 is 19.7 Å². The van der Waals surface area contributed by atoms with Crippen LogP contribution in [-0.2, 0) is 6.42 Å². The number of H-pyrrole nitrogens is 1. The average Bonchev–Trinajstić information content (AvgIpc) is 3.27. The maximum atomic E-state index is 13.9. The summed E-state index contributed by atoms with van der Waals surface area (Å²) in [6.07, 6.45) is 1.90. The Morgan fingerprint density at radius 2 is 1.94 bits per heavy atom. The monoisotopic (exact) mass is 449 g/mol. The number of imidazole rings is 1. The van der Waals surface area contributed by atoms with Gasteiger partial charge in [-0.1, -0.05) is 6.07 Å². The largest absolute Gasteiger partial charge is 0.497 e. The van der Waals surface area contributed by atoms with Crippen molar-refractivity contribution in [1.82, 2.24) is 24.8 Å². The van der Waals surface area contributed by atoms with Gasteiger partial charge in [0.15, 0.2) is 5.82 Å². The van der Waals surface area contributed by atoms with Crippen molar-refractivity contribution in [3.05, 3.63) is 65.9 Å². The number of nitrogens with zero attached hydrogens (tertiary/aromatic N) is 4. The maximum absolute atomic E-state index is 13.9. The predicted octanol–water partition coefficient (Wildman–Crippen LogP) is 3.15. The van der Waals surface area contributed by atoms with E-state index in [-0.39, 0.29) is 5.82 Å². The molecule has 5 rings (SSSR count). The van der Waals surface area contributed by atoms with Crippen molar-refractivity contribution in [2.45, 2.75) is 12.5 Å². The molecule has 7 nitrogen and oxygen atoms in total. The number of rotatable bonds is 7. The molecule has 0 aliphatic carbocycles. The first kappa shape index (κ1) is 21.8. The van der Waals surface area contributed by atoms with Crippen LogP contribution in [0.3, 0.4) is 0 Å². The summed E-state index contributed by atoms with van der Waals surface area (Å²) < 4.78 is 19.2. The van der Waals surface area contributed by atoms with E-state index in [4.69, 9.17) is 4.74 Å². The highest BCUT2D eigenvalue weighted by atomic mass is 19.1. The van der Waals surface area contributed by atoms with Gasteiger partial charge >= 0.3 is 0 Å². The molecule has 2 N–H and O–H groups in total. The number of fused-ring (bicyclic) bond motifs is 2. The lowest BCUT2D eigenvalue weighted by molar-refractivity contribution is 0.0734. The molecular formula is C25H28FN5O2. The van der Waals surface area contributed by atoms with Gasteiger partial charge in [-0.2, -0.15) is 0 Å². The fourth-order valence-corrected chi connectivity index (χ4v) is 4.53. The number of β-amino-alcohol motifs (C(OH)–C–C–N with tert-alkyl or cyclic N) is 1. The lowest BCUT2D eigenvalue weighted by Gasteiger charge is -2.35. The molecule has 0 saturated carbocycles. The van der Waals surface area contributed by atoms with Crippen LogP contribution >= 0.6 is 0 Å². The van der Waals surface area contributed by atoms with Crippen LogP contribution < -0.4 is 4.74 Å². The molecule has 0 amide bonds. The average molecular weight is 450 g/mol. The second-order valence-corrected chi connectivity index (χ2v) is 8.51. The number of para-hydroxylation sites is 1. The number of halogens is 1. The molecule has 1 atom stereocenters. The Balaban J connectivity index is 1.16. The summed E-state index contributed by atoms with van der Waals surface area (Å²) in [6.45, 7) is 5.06. The number of hydrogen-bond donors (Lipinski definition) is 2. The van der Waals surface area contributed by atoms with Crippen LogP contribution in [-0.4, -0.2) is 76.2 Å². The summed E-state index contributed by atoms with van der Waals surface area (Å²) >= 11 is 0. The third kappa shape index (κ3) is 4.68. The summed E-state index contributed by atoms with van der Waals surface area (Å²) in [5, 5.41) is 11.9. The molecule has 2 aromatic heterocycles. The number of benzene rings is 2. The fraction of sp³-hybridized carbons (Fsp3) is 0.360. The minimum Gasteiger partial charge on any atom is -0.497 e. The molecule has 3 heterocycles. The Kier molecular flexibility index (Phi) is 6.22. The van der Waals surface area contributed by atoms with E-state index in [1.807, 2.05) is 30.3 Å². The number of aliphatic hydroxyl groups is 1. The number of ether oxygens (including phenoxy) is 1. The molecule has 0 radical (unpaired) electrons. The van der Waals surface area contributed by atoms with Crippen molar-refractivity contribution in [2.75, 3.05) is 46.4 Å². The highest BCUT2D eigenvalue weighted by Gasteiger charge is 2.21. The summed E-state index contributed by atoms with van der Waals surface area (Å²) in [6, 6.07) is 12.6. The van der Waals surface area contributed by atoms with Gasteiger partial charge in [0.25, 0.3) is 0 Å². The van der Waals surface area contributed by atoms with E-state index in [9.17, 15) is 9.50 Å². The lowest BCUT2D eigenvalue weighted by atomic mass is 10.0. The molecule has 8 heteroatoms. The Bertz CT molecular complexity index is 1250. The number of nitrogens with one attached hydrogen (secondary N) is 1. The lowest BCUT2D eigenvalue weighted by Crippen LogP contribution is -2.48. The van der Waals surface area contributed by atoms with Crippen LogP contribution in [0.25, 0.3) is 21.9 Å². The fourth-order valence-electron chi connectivity index (χ4n) is 4.53. The van der Waals surface area contributed by atoms with Crippen LogP contribution in [0, 0.1) is 5.82 Å². The molecule has 172 valence electrons. The zero-order valence-corrected chi connectivity index (χ0v) is 18.7. The zero-order valence-electron chi connectivity index (χ0n) is 18.7. The van der Waals surface area contributed by atoms with E-state index in [0.29, 0.717) is 12.1 Å². The summed E-state index contributed by atoms with van der Waals surface area (Å²) in [4.78, 5) is 16.7. The van der Waals surface area contributed by atoms with E-state index in [0.717, 1.165) is 72.7 Å². The first-order chi connectivity index (χ1) is 16.1. The first-order valence-corrected chi connectivity index (χ1v) is 11.3. The Morgan fingerprint density at radius 1 is 1.12 bits per heavy atom. The number of hydrogen-bond acceptors (Lipinski definition) is 6. The van der Waals surface area contributed by atoms with E-state index >= 15 is 0 Å². The van der Waals surface area contributed by atoms with Crippen LogP contribution in [0.2, 0.25) is 0 Å². The molecule has 1 fully saturated rings. The highest BCUT2D eigenvalue weighted by molar-refractivity contribution is 5.83. The highest BCUT2D eigenvalue weighted by Crippen LogP contribution is 2.27. The Hall–Kier alpha value is -3.07. The van der Waals surface area contributed by atoms with Crippen LogP contribution in [0.5, 0.6) is 5.75 Å². The van der Waals surface area contributed by atoms with Crippen LogP contribution in [0.15, 0.2) is 48.7 Å². The number of aromatic nitrogens is 3. The van der Waals surface area contributed by atoms with Gasteiger partial charge in [0.1, 0.15) is 17.1 Å². The number of aromatic amines is 1. The molecule has 1 saturated heterocycles. The standard InChI is InChI=1S/C25H28FN5O2/c1-33-17-5-6-21-19(15-17)18(7-9-27-21)23(32)16-31-13-11-30(12-14-31)10-8-24-28-22-4-2-3-20(26)25(22)29-24/h2-7,9,15,23,32H,8,10-14,16H2,1H3,(H,28,29)/t23-/m0/s1. The zero-order chi connectivity index (χ0) is 22.8.